The molecule has 0 heterocycles. The number of methoxy groups -OCH3 is 1. The summed E-state index contributed by atoms with van der Waals surface area (Å²) >= 11 is 0. The van der Waals surface area contributed by atoms with Crippen molar-refractivity contribution >= 4 is 0 Å². The molecule has 0 aliphatic carbocycles. The van der Waals surface area contributed by atoms with Gasteiger partial charge in [-0.3, -0.25) is 0 Å². The maximum absolute atomic E-state index is 12.3. The average molecular weight is 172 g/mol. The lowest BCUT2D eigenvalue weighted by Crippen LogP contribution is -2.42. The van der Waals surface area contributed by atoms with Crippen molar-refractivity contribution in [3.8, 4) is 6.07 Å². The van der Waals surface area contributed by atoms with E-state index in [-0.39, 0.29) is 0 Å². The Balaban J connectivity index is 4.15. The highest BCUT2D eigenvalue weighted by Gasteiger charge is 2.27. The van der Waals surface area contributed by atoms with Crippen LogP contribution >= 0.6 is 0 Å². The van der Waals surface area contributed by atoms with Gasteiger partial charge in [-0.25, -0.2) is 4.39 Å². The first-order valence-electron chi connectivity index (χ1n) is 3.54. The van der Waals surface area contributed by atoms with Crippen molar-refractivity contribution in [1.82, 2.24) is 0 Å². The van der Waals surface area contributed by atoms with Crippen LogP contribution in [0.3, 0.4) is 0 Å². The molecule has 0 bridgehead atoms. The first kappa shape index (κ1) is 11.1. The average Bonchev–Trinajstić information content (AvgIpc) is 2.12. The summed E-state index contributed by atoms with van der Waals surface area (Å²) in [6.45, 7) is 3.03. The summed E-state index contributed by atoms with van der Waals surface area (Å²) in [6.07, 6.45) is 0.407. The molecule has 0 aromatic rings. The van der Waals surface area contributed by atoms with E-state index in [1.54, 1.807) is 6.07 Å². The standard InChI is InChI=1S/C8H13FN2O/c1-7(3-4-12-2)8(11,5-9)6-10/h1,3-5,11H2,2H3. The van der Waals surface area contributed by atoms with Crippen LogP contribution < -0.4 is 5.73 Å². The van der Waals surface area contributed by atoms with Gasteiger partial charge in [-0.1, -0.05) is 6.58 Å². The fourth-order valence-electron chi connectivity index (χ4n) is 0.652. The van der Waals surface area contributed by atoms with Crippen molar-refractivity contribution in [2.24, 2.45) is 5.73 Å². The van der Waals surface area contributed by atoms with Gasteiger partial charge in [-0.15, -0.1) is 0 Å². The quantitative estimate of drug-likeness (QED) is 0.623. The van der Waals surface area contributed by atoms with Crippen LogP contribution in [0.4, 0.5) is 4.39 Å². The van der Waals surface area contributed by atoms with E-state index in [0.717, 1.165) is 0 Å². The Bertz CT molecular complexity index is 200. The molecule has 0 radical (unpaired) electrons. The number of hydrogen-bond acceptors (Lipinski definition) is 3. The van der Waals surface area contributed by atoms with Gasteiger partial charge >= 0.3 is 0 Å². The molecule has 3 nitrogen and oxygen atoms in total. The molecule has 1 atom stereocenters. The van der Waals surface area contributed by atoms with E-state index in [9.17, 15) is 4.39 Å². The highest BCUT2D eigenvalue weighted by atomic mass is 19.1. The lowest BCUT2D eigenvalue weighted by molar-refractivity contribution is 0.198. The van der Waals surface area contributed by atoms with Gasteiger partial charge in [-0.2, -0.15) is 5.26 Å². The van der Waals surface area contributed by atoms with Gasteiger partial charge in [-0.05, 0) is 12.0 Å². The molecule has 0 rings (SSSR count). The van der Waals surface area contributed by atoms with E-state index in [2.05, 4.69) is 6.58 Å². The molecule has 68 valence electrons. The minimum atomic E-state index is -1.54. The predicted octanol–water partition coefficient (Wildman–Crippen LogP) is 0.770. The maximum atomic E-state index is 12.3. The Morgan fingerprint density at radius 3 is 2.75 bits per heavy atom. The van der Waals surface area contributed by atoms with Crippen LogP contribution in [0.2, 0.25) is 0 Å². The van der Waals surface area contributed by atoms with Crippen molar-refractivity contribution in [2.75, 3.05) is 20.4 Å². The Labute approximate surface area is 71.6 Å². The molecule has 0 aliphatic heterocycles. The van der Waals surface area contributed by atoms with E-state index in [1.165, 1.54) is 7.11 Å². The Kier molecular flexibility index (Phi) is 4.49. The molecule has 0 aliphatic rings. The fourth-order valence-corrected chi connectivity index (χ4v) is 0.652. The van der Waals surface area contributed by atoms with Gasteiger partial charge in [0.2, 0.25) is 0 Å². The zero-order chi connectivity index (χ0) is 9.61. The van der Waals surface area contributed by atoms with Crippen LogP contribution in [-0.2, 0) is 4.74 Å². The molecule has 12 heavy (non-hydrogen) atoms. The summed E-state index contributed by atoms with van der Waals surface area (Å²) in [6, 6.07) is 1.68. The molecule has 0 saturated heterocycles. The summed E-state index contributed by atoms with van der Waals surface area (Å²) in [5.74, 6) is 0. The molecule has 2 N–H and O–H groups in total. The summed E-state index contributed by atoms with van der Waals surface area (Å²) < 4.78 is 17.0. The number of rotatable bonds is 5. The second-order valence-corrected chi connectivity index (χ2v) is 2.56. The lowest BCUT2D eigenvalue weighted by Gasteiger charge is -2.19. The molecule has 1 unspecified atom stereocenters. The SMILES string of the molecule is C=C(CCOC)C(N)(C#N)CF. The van der Waals surface area contributed by atoms with Crippen LogP contribution in [0.5, 0.6) is 0 Å². The van der Waals surface area contributed by atoms with Crippen molar-refractivity contribution in [1.29, 1.82) is 5.26 Å². The fraction of sp³-hybridized carbons (Fsp3) is 0.625. The largest absolute Gasteiger partial charge is 0.384 e. The van der Waals surface area contributed by atoms with E-state index < -0.39 is 12.2 Å². The summed E-state index contributed by atoms with van der Waals surface area (Å²) in [4.78, 5) is 0. The number of halogens is 1. The second kappa shape index (κ2) is 4.86. The number of alkyl halides is 1. The van der Waals surface area contributed by atoms with Crippen LogP contribution in [0.15, 0.2) is 12.2 Å². The minimum Gasteiger partial charge on any atom is -0.384 e. The third-order valence-corrected chi connectivity index (χ3v) is 1.65. The smallest absolute Gasteiger partial charge is 0.154 e. The van der Waals surface area contributed by atoms with Gasteiger partial charge in [0.05, 0.1) is 6.07 Å². The van der Waals surface area contributed by atoms with Gasteiger partial charge < -0.3 is 10.5 Å². The molecule has 0 saturated carbocycles. The lowest BCUT2D eigenvalue weighted by atomic mass is 9.93. The number of nitrogens with zero attached hydrogens (tertiary/aromatic N) is 1. The van der Waals surface area contributed by atoms with E-state index >= 15 is 0 Å². The van der Waals surface area contributed by atoms with Gasteiger partial charge in [0.25, 0.3) is 0 Å². The minimum absolute atomic E-state index is 0.370. The maximum Gasteiger partial charge on any atom is 0.154 e. The molecule has 0 amide bonds. The third-order valence-electron chi connectivity index (χ3n) is 1.65. The summed E-state index contributed by atoms with van der Waals surface area (Å²) in [5.41, 5.74) is 4.22. The van der Waals surface area contributed by atoms with E-state index in [4.69, 9.17) is 15.7 Å². The zero-order valence-electron chi connectivity index (χ0n) is 7.14. The number of hydrogen-bond donors (Lipinski definition) is 1. The molecular weight excluding hydrogens is 159 g/mol. The first-order chi connectivity index (χ1) is 5.60. The molecular formula is C8H13FN2O. The molecule has 4 heteroatoms. The van der Waals surface area contributed by atoms with Gasteiger partial charge in [0.1, 0.15) is 6.67 Å². The van der Waals surface area contributed by atoms with E-state index in [1.807, 2.05) is 0 Å². The van der Waals surface area contributed by atoms with Crippen LogP contribution in [-0.4, -0.2) is 25.9 Å². The monoisotopic (exact) mass is 172 g/mol. The van der Waals surface area contributed by atoms with Crippen LogP contribution in [0.25, 0.3) is 0 Å². The highest BCUT2D eigenvalue weighted by Crippen LogP contribution is 2.15. The second-order valence-electron chi connectivity index (χ2n) is 2.56. The van der Waals surface area contributed by atoms with Crippen molar-refractivity contribution in [3.63, 3.8) is 0 Å². The van der Waals surface area contributed by atoms with Crippen LogP contribution in [0.1, 0.15) is 6.42 Å². The number of nitrogens with two attached hydrogens (primary N) is 1. The molecule has 0 spiro atoms. The Morgan fingerprint density at radius 2 is 2.42 bits per heavy atom. The topological polar surface area (TPSA) is 59.0 Å². The van der Waals surface area contributed by atoms with Gasteiger partial charge in [0.15, 0.2) is 5.54 Å². The molecule has 0 fully saturated rings. The Morgan fingerprint density at radius 1 is 1.83 bits per heavy atom. The highest BCUT2D eigenvalue weighted by molar-refractivity contribution is 5.26. The van der Waals surface area contributed by atoms with Crippen molar-refractivity contribution in [3.05, 3.63) is 12.2 Å². The normalized spacial score (nSPS) is 14.8. The Hall–Kier alpha value is -0.920. The van der Waals surface area contributed by atoms with Gasteiger partial charge in [0, 0.05) is 13.7 Å². The van der Waals surface area contributed by atoms with Crippen molar-refractivity contribution < 1.29 is 9.13 Å². The predicted molar refractivity (Wildman–Crippen MR) is 44.1 cm³/mol. The van der Waals surface area contributed by atoms with Crippen molar-refractivity contribution in [2.45, 2.75) is 12.0 Å². The number of ether oxygens (including phenoxy) is 1. The third kappa shape index (κ3) is 2.61. The van der Waals surface area contributed by atoms with E-state index in [0.29, 0.717) is 18.6 Å². The number of nitriles is 1. The van der Waals surface area contributed by atoms with Crippen LogP contribution in [0, 0.1) is 11.3 Å². The first-order valence-corrected chi connectivity index (χ1v) is 3.54. The molecule has 0 aromatic carbocycles. The summed E-state index contributed by atoms with van der Waals surface area (Å²) in [5, 5.41) is 8.54. The zero-order valence-corrected chi connectivity index (χ0v) is 7.14. The molecule has 0 aromatic heterocycles. The summed E-state index contributed by atoms with van der Waals surface area (Å²) in [7, 11) is 1.52.